The number of benzene rings is 1. The molecule has 0 aliphatic carbocycles. The standard InChI is InChI=1S/C23H28ClF2N5O2/c1-14(2)22(27)33-23(28)21-17(25)10-16(11-18(21)26)32-9-3-4-15-5-7-31(8-6-15)20-13-29-19(24)12-30-20/h10-15,27-28H,3-9H2,1-2H3. The third-order valence-corrected chi connectivity index (χ3v) is 5.74. The van der Waals surface area contributed by atoms with Crippen LogP contribution in [0.15, 0.2) is 24.5 Å². The summed E-state index contributed by atoms with van der Waals surface area (Å²) in [7, 11) is 0. The Morgan fingerprint density at radius 3 is 2.39 bits per heavy atom. The lowest BCUT2D eigenvalue weighted by molar-refractivity contribution is 0.277. The Morgan fingerprint density at radius 2 is 1.82 bits per heavy atom. The molecule has 1 aliphatic heterocycles. The predicted molar refractivity (Wildman–Crippen MR) is 124 cm³/mol. The highest BCUT2D eigenvalue weighted by Crippen LogP contribution is 2.26. The molecule has 0 atom stereocenters. The Hall–Kier alpha value is -2.81. The van der Waals surface area contributed by atoms with E-state index in [1.807, 2.05) is 0 Å². The quantitative estimate of drug-likeness (QED) is 0.298. The molecule has 1 aliphatic rings. The highest BCUT2D eigenvalue weighted by atomic mass is 35.5. The largest absolute Gasteiger partial charge is 0.493 e. The van der Waals surface area contributed by atoms with Crippen LogP contribution in [0.4, 0.5) is 14.6 Å². The van der Waals surface area contributed by atoms with Crippen molar-refractivity contribution in [3.63, 3.8) is 0 Å². The second kappa shape index (κ2) is 11.4. The Morgan fingerprint density at radius 1 is 1.15 bits per heavy atom. The summed E-state index contributed by atoms with van der Waals surface area (Å²) in [5.41, 5.74) is -0.607. The summed E-state index contributed by atoms with van der Waals surface area (Å²) in [5, 5.41) is 15.8. The fourth-order valence-electron chi connectivity index (χ4n) is 3.61. The molecule has 2 heterocycles. The molecule has 1 aromatic heterocycles. The fourth-order valence-corrected chi connectivity index (χ4v) is 3.71. The van der Waals surface area contributed by atoms with Crippen LogP contribution in [-0.2, 0) is 4.74 Å². The third-order valence-electron chi connectivity index (χ3n) is 5.55. The molecule has 3 rings (SSSR count). The zero-order valence-electron chi connectivity index (χ0n) is 18.7. The lowest BCUT2D eigenvalue weighted by Gasteiger charge is -2.32. The number of nitrogens with zero attached hydrogens (tertiary/aromatic N) is 3. The predicted octanol–water partition coefficient (Wildman–Crippen LogP) is 5.46. The van der Waals surface area contributed by atoms with Crippen LogP contribution in [-0.4, -0.2) is 41.5 Å². The minimum atomic E-state index is -0.954. The first-order chi connectivity index (χ1) is 15.7. The minimum absolute atomic E-state index is 0.0663. The zero-order chi connectivity index (χ0) is 24.0. The number of halogens is 3. The molecule has 0 amide bonds. The van der Waals surface area contributed by atoms with E-state index in [-0.39, 0.29) is 17.6 Å². The van der Waals surface area contributed by atoms with Crippen molar-refractivity contribution in [3.05, 3.63) is 46.9 Å². The van der Waals surface area contributed by atoms with E-state index in [2.05, 4.69) is 14.9 Å². The van der Waals surface area contributed by atoms with E-state index in [0.29, 0.717) is 17.7 Å². The number of nitrogens with one attached hydrogen (secondary N) is 2. The Bertz CT molecular complexity index is 956. The number of anilines is 1. The molecule has 10 heteroatoms. The van der Waals surface area contributed by atoms with Crippen LogP contribution in [0.1, 0.15) is 45.1 Å². The van der Waals surface area contributed by atoms with Crippen molar-refractivity contribution in [1.82, 2.24) is 9.97 Å². The SMILES string of the molecule is CC(C)C(=N)OC(=N)c1c(F)cc(OCCCC2CCN(c3cnc(Cl)cn3)CC2)cc1F. The molecule has 2 aromatic rings. The first kappa shape index (κ1) is 24.8. The monoisotopic (exact) mass is 479 g/mol. The Balaban J connectivity index is 1.43. The molecule has 1 fully saturated rings. The van der Waals surface area contributed by atoms with Crippen LogP contribution in [0.3, 0.4) is 0 Å². The van der Waals surface area contributed by atoms with E-state index in [1.165, 1.54) is 0 Å². The van der Waals surface area contributed by atoms with Gasteiger partial charge in [-0.2, -0.15) is 0 Å². The molecule has 1 aromatic carbocycles. The summed E-state index contributed by atoms with van der Waals surface area (Å²) in [4.78, 5) is 10.6. The number of hydrogen-bond acceptors (Lipinski definition) is 7. The molecule has 33 heavy (non-hydrogen) atoms. The molecule has 0 unspecified atom stereocenters. The summed E-state index contributed by atoms with van der Waals surface area (Å²) < 4.78 is 39.2. The van der Waals surface area contributed by atoms with Crippen LogP contribution < -0.4 is 9.64 Å². The Labute approximate surface area is 197 Å². The maximum Gasteiger partial charge on any atom is 0.226 e. The van der Waals surface area contributed by atoms with Crippen molar-refractivity contribution in [2.75, 3.05) is 24.6 Å². The summed E-state index contributed by atoms with van der Waals surface area (Å²) in [6, 6.07) is 2.09. The maximum atomic E-state index is 14.4. The van der Waals surface area contributed by atoms with Gasteiger partial charge in [-0.15, -0.1) is 0 Å². The van der Waals surface area contributed by atoms with Gasteiger partial charge in [0.15, 0.2) is 5.90 Å². The average Bonchev–Trinajstić information content (AvgIpc) is 2.77. The van der Waals surface area contributed by atoms with Gasteiger partial charge < -0.3 is 14.4 Å². The summed E-state index contributed by atoms with van der Waals surface area (Å²) in [5.74, 6) is -1.72. The number of ether oxygens (including phenoxy) is 2. The van der Waals surface area contributed by atoms with Crippen LogP contribution >= 0.6 is 11.6 Å². The van der Waals surface area contributed by atoms with E-state index in [1.54, 1.807) is 26.2 Å². The molecule has 178 valence electrons. The van der Waals surface area contributed by atoms with E-state index in [4.69, 9.17) is 31.9 Å². The molecule has 0 saturated carbocycles. The second-order valence-corrected chi connectivity index (χ2v) is 8.72. The molecular weight excluding hydrogens is 452 g/mol. The lowest BCUT2D eigenvalue weighted by Crippen LogP contribution is -2.34. The van der Waals surface area contributed by atoms with E-state index >= 15 is 0 Å². The number of rotatable bonds is 8. The third kappa shape index (κ3) is 6.83. The summed E-state index contributed by atoms with van der Waals surface area (Å²) in [6.45, 7) is 5.50. The smallest absolute Gasteiger partial charge is 0.226 e. The van der Waals surface area contributed by atoms with Gasteiger partial charge in [0.25, 0.3) is 0 Å². The van der Waals surface area contributed by atoms with Gasteiger partial charge in [-0.1, -0.05) is 25.4 Å². The van der Waals surface area contributed by atoms with Crippen molar-refractivity contribution in [2.24, 2.45) is 11.8 Å². The van der Waals surface area contributed by atoms with Crippen LogP contribution in [0.2, 0.25) is 5.15 Å². The van der Waals surface area contributed by atoms with Gasteiger partial charge in [-0.3, -0.25) is 10.8 Å². The maximum absolute atomic E-state index is 14.4. The van der Waals surface area contributed by atoms with Crippen molar-refractivity contribution in [3.8, 4) is 5.75 Å². The van der Waals surface area contributed by atoms with Gasteiger partial charge in [0.1, 0.15) is 33.9 Å². The van der Waals surface area contributed by atoms with Gasteiger partial charge in [0, 0.05) is 31.1 Å². The van der Waals surface area contributed by atoms with Gasteiger partial charge >= 0.3 is 0 Å². The van der Waals surface area contributed by atoms with Gasteiger partial charge in [-0.25, -0.2) is 18.7 Å². The Kier molecular flexibility index (Phi) is 8.55. The number of aromatic nitrogens is 2. The first-order valence-corrected chi connectivity index (χ1v) is 11.3. The van der Waals surface area contributed by atoms with Gasteiger partial charge in [0.2, 0.25) is 5.90 Å². The first-order valence-electron chi connectivity index (χ1n) is 10.9. The van der Waals surface area contributed by atoms with Crippen LogP contribution in [0, 0.1) is 34.3 Å². The molecular formula is C23H28ClF2N5O2. The van der Waals surface area contributed by atoms with Gasteiger partial charge in [0.05, 0.1) is 19.0 Å². The van der Waals surface area contributed by atoms with Crippen LogP contribution in [0.5, 0.6) is 5.75 Å². The normalized spacial score (nSPS) is 14.4. The molecule has 0 spiro atoms. The average molecular weight is 480 g/mol. The van der Waals surface area contributed by atoms with Crippen molar-refractivity contribution in [1.29, 1.82) is 10.8 Å². The van der Waals surface area contributed by atoms with Gasteiger partial charge in [-0.05, 0) is 31.6 Å². The minimum Gasteiger partial charge on any atom is -0.493 e. The van der Waals surface area contributed by atoms with E-state index in [0.717, 1.165) is 56.7 Å². The topological polar surface area (TPSA) is 95.2 Å². The van der Waals surface area contributed by atoms with Crippen molar-refractivity contribution >= 4 is 29.2 Å². The van der Waals surface area contributed by atoms with E-state index < -0.39 is 23.1 Å². The van der Waals surface area contributed by atoms with E-state index in [9.17, 15) is 8.78 Å². The number of hydrogen-bond donors (Lipinski definition) is 2. The van der Waals surface area contributed by atoms with Crippen LogP contribution in [0.25, 0.3) is 0 Å². The summed E-state index contributed by atoms with van der Waals surface area (Å²) >= 11 is 5.79. The lowest BCUT2D eigenvalue weighted by atomic mass is 9.92. The van der Waals surface area contributed by atoms with Crippen molar-refractivity contribution < 1.29 is 18.3 Å². The molecule has 1 saturated heterocycles. The molecule has 7 nitrogen and oxygen atoms in total. The number of piperidine rings is 1. The fraction of sp³-hybridized carbons (Fsp3) is 0.478. The zero-order valence-corrected chi connectivity index (χ0v) is 19.5. The van der Waals surface area contributed by atoms with Crippen molar-refractivity contribution in [2.45, 2.75) is 39.5 Å². The molecule has 0 bridgehead atoms. The molecule has 0 radical (unpaired) electrons. The highest BCUT2D eigenvalue weighted by molar-refractivity contribution is 6.29. The second-order valence-electron chi connectivity index (χ2n) is 8.33. The summed E-state index contributed by atoms with van der Waals surface area (Å²) in [6.07, 6.45) is 7.00. The molecule has 2 N–H and O–H groups in total. The highest BCUT2D eigenvalue weighted by Gasteiger charge is 2.22.